The fourth-order valence-electron chi connectivity index (χ4n) is 3.19. The molecule has 0 amide bonds. The topological polar surface area (TPSA) is 70.8 Å². The third-order valence-corrected chi connectivity index (χ3v) is 4.85. The lowest BCUT2D eigenvalue weighted by molar-refractivity contribution is -0.156. The van der Waals surface area contributed by atoms with Crippen LogP contribution in [0.2, 0.25) is 0 Å². The van der Waals surface area contributed by atoms with Crippen molar-refractivity contribution in [3.05, 3.63) is 77.2 Å². The molecule has 172 valence electrons. The Bertz CT molecular complexity index is 1080. The van der Waals surface area contributed by atoms with E-state index in [0.29, 0.717) is 32.1 Å². The van der Waals surface area contributed by atoms with Gasteiger partial charge in [0, 0.05) is 24.2 Å². The minimum atomic E-state index is -0.595. The standard InChI is InChI=1S/C27H29NO5/c1-4-31-25(27(29)32-5-2)18-22-15-13-21(14-16-22)10-9-17-30-19-24-20(3)33-26(28-24)23-11-7-6-8-12-23/h6-8,11-16,25H,4-5,17-19H2,1-3H3. The van der Waals surface area contributed by atoms with Gasteiger partial charge in [0.2, 0.25) is 5.89 Å². The summed E-state index contributed by atoms with van der Waals surface area (Å²) < 4.78 is 22.0. The molecule has 0 spiro atoms. The maximum Gasteiger partial charge on any atom is 0.335 e. The van der Waals surface area contributed by atoms with Gasteiger partial charge in [-0.05, 0) is 50.6 Å². The summed E-state index contributed by atoms with van der Waals surface area (Å²) >= 11 is 0. The quantitative estimate of drug-likeness (QED) is 0.254. The van der Waals surface area contributed by atoms with Crippen LogP contribution >= 0.6 is 0 Å². The van der Waals surface area contributed by atoms with Crippen LogP contribution < -0.4 is 0 Å². The first-order valence-electron chi connectivity index (χ1n) is 11.1. The van der Waals surface area contributed by atoms with Crippen LogP contribution in [0.15, 0.2) is 59.0 Å². The zero-order valence-corrected chi connectivity index (χ0v) is 19.3. The normalized spacial score (nSPS) is 11.5. The third-order valence-electron chi connectivity index (χ3n) is 4.85. The summed E-state index contributed by atoms with van der Waals surface area (Å²) in [7, 11) is 0. The largest absolute Gasteiger partial charge is 0.464 e. The monoisotopic (exact) mass is 447 g/mol. The van der Waals surface area contributed by atoms with Crippen molar-refractivity contribution in [2.75, 3.05) is 19.8 Å². The van der Waals surface area contributed by atoms with Gasteiger partial charge >= 0.3 is 5.97 Å². The summed E-state index contributed by atoms with van der Waals surface area (Å²) in [5.74, 6) is 7.10. The third kappa shape index (κ3) is 7.31. The molecule has 3 aromatic rings. The molecule has 0 fully saturated rings. The molecular formula is C27H29NO5. The van der Waals surface area contributed by atoms with Gasteiger partial charge in [-0.3, -0.25) is 0 Å². The van der Waals surface area contributed by atoms with Gasteiger partial charge in [-0.2, -0.15) is 0 Å². The van der Waals surface area contributed by atoms with E-state index in [2.05, 4.69) is 16.8 Å². The number of oxazole rings is 1. The summed E-state index contributed by atoms with van der Waals surface area (Å²) in [4.78, 5) is 16.5. The molecule has 0 N–H and O–H groups in total. The van der Waals surface area contributed by atoms with Gasteiger partial charge in [0.25, 0.3) is 0 Å². The van der Waals surface area contributed by atoms with E-state index in [0.717, 1.165) is 28.1 Å². The van der Waals surface area contributed by atoms with Crippen LogP contribution in [0.4, 0.5) is 0 Å². The zero-order valence-electron chi connectivity index (χ0n) is 19.3. The molecule has 33 heavy (non-hydrogen) atoms. The molecule has 0 aliphatic carbocycles. The van der Waals surface area contributed by atoms with Gasteiger partial charge in [0.05, 0.1) is 13.2 Å². The number of esters is 1. The van der Waals surface area contributed by atoms with E-state index in [9.17, 15) is 4.79 Å². The fourth-order valence-corrected chi connectivity index (χ4v) is 3.19. The zero-order chi connectivity index (χ0) is 23.5. The minimum absolute atomic E-state index is 0.282. The molecular weight excluding hydrogens is 418 g/mol. The van der Waals surface area contributed by atoms with Crippen molar-refractivity contribution in [3.63, 3.8) is 0 Å². The van der Waals surface area contributed by atoms with E-state index in [1.54, 1.807) is 6.92 Å². The van der Waals surface area contributed by atoms with Crippen LogP contribution in [0.25, 0.3) is 11.5 Å². The molecule has 1 aromatic heterocycles. The molecule has 0 bridgehead atoms. The average Bonchev–Trinajstić information content (AvgIpc) is 3.20. The van der Waals surface area contributed by atoms with E-state index >= 15 is 0 Å². The SMILES string of the molecule is CCOC(=O)C(Cc1ccc(C#CCOCc2nc(-c3ccccc3)oc2C)cc1)OCC. The lowest BCUT2D eigenvalue weighted by Gasteiger charge is -2.15. The second kappa shape index (κ2) is 12.6. The molecule has 0 saturated carbocycles. The van der Waals surface area contributed by atoms with Crippen LogP contribution in [0.3, 0.4) is 0 Å². The first-order chi connectivity index (χ1) is 16.1. The number of ether oxygens (including phenoxy) is 3. The predicted octanol–water partition coefficient (Wildman–Crippen LogP) is 4.73. The van der Waals surface area contributed by atoms with E-state index in [4.69, 9.17) is 18.6 Å². The highest BCUT2D eigenvalue weighted by atomic mass is 16.6. The Balaban J connectivity index is 1.49. The van der Waals surface area contributed by atoms with E-state index in [-0.39, 0.29) is 12.6 Å². The van der Waals surface area contributed by atoms with Crippen molar-refractivity contribution in [1.29, 1.82) is 0 Å². The van der Waals surface area contributed by atoms with Crippen LogP contribution in [-0.2, 0) is 32.0 Å². The summed E-state index contributed by atoms with van der Waals surface area (Å²) in [6.45, 7) is 6.93. The van der Waals surface area contributed by atoms with Gasteiger partial charge in [0.1, 0.15) is 18.1 Å². The second-order valence-electron chi connectivity index (χ2n) is 7.28. The average molecular weight is 448 g/mol. The molecule has 0 radical (unpaired) electrons. The van der Waals surface area contributed by atoms with Crippen LogP contribution in [0.5, 0.6) is 0 Å². The Morgan fingerprint density at radius 1 is 1.06 bits per heavy atom. The Kier molecular flexibility index (Phi) is 9.25. The lowest BCUT2D eigenvalue weighted by atomic mass is 10.1. The Morgan fingerprint density at radius 3 is 2.52 bits per heavy atom. The van der Waals surface area contributed by atoms with E-state index in [1.807, 2.05) is 68.4 Å². The van der Waals surface area contributed by atoms with Crippen molar-refractivity contribution in [2.24, 2.45) is 0 Å². The van der Waals surface area contributed by atoms with Crippen molar-refractivity contribution in [2.45, 2.75) is 39.9 Å². The van der Waals surface area contributed by atoms with E-state index in [1.165, 1.54) is 0 Å². The first-order valence-corrected chi connectivity index (χ1v) is 11.1. The molecule has 1 heterocycles. The van der Waals surface area contributed by atoms with Gasteiger partial charge in [-0.25, -0.2) is 9.78 Å². The first kappa shape index (κ1) is 24.2. The summed E-state index contributed by atoms with van der Waals surface area (Å²) in [5, 5.41) is 0. The molecule has 1 unspecified atom stereocenters. The summed E-state index contributed by atoms with van der Waals surface area (Å²) in [6.07, 6.45) is -0.131. The number of nitrogens with zero attached hydrogens (tertiary/aromatic N) is 1. The number of hydrogen-bond acceptors (Lipinski definition) is 6. The second-order valence-corrected chi connectivity index (χ2v) is 7.28. The highest BCUT2D eigenvalue weighted by molar-refractivity contribution is 5.75. The molecule has 0 aliphatic rings. The van der Waals surface area contributed by atoms with Crippen molar-refractivity contribution < 1.29 is 23.4 Å². The molecule has 3 rings (SSSR count). The smallest absolute Gasteiger partial charge is 0.335 e. The number of hydrogen-bond donors (Lipinski definition) is 0. The number of carbonyl (C=O) groups is 1. The van der Waals surface area contributed by atoms with Gasteiger partial charge < -0.3 is 18.6 Å². The molecule has 6 nitrogen and oxygen atoms in total. The fraction of sp³-hybridized carbons (Fsp3) is 0.333. The van der Waals surface area contributed by atoms with E-state index < -0.39 is 6.10 Å². The predicted molar refractivity (Wildman–Crippen MR) is 125 cm³/mol. The van der Waals surface area contributed by atoms with Gasteiger partial charge in [-0.15, -0.1) is 0 Å². The highest BCUT2D eigenvalue weighted by Gasteiger charge is 2.20. The molecule has 1 atom stereocenters. The summed E-state index contributed by atoms with van der Waals surface area (Å²) in [6, 6.07) is 17.5. The van der Waals surface area contributed by atoms with Crippen molar-refractivity contribution in [3.8, 4) is 23.3 Å². The number of aryl methyl sites for hydroxylation is 1. The van der Waals surface area contributed by atoms with Crippen LogP contribution in [-0.4, -0.2) is 36.9 Å². The van der Waals surface area contributed by atoms with Crippen molar-refractivity contribution in [1.82, 2.24) is 4.98 Å². The number of aromatic nitrogens is 1. The van der Waals surface area contributed by atoms with Crippen LogP contribution in [0.1, 0.15) is 36.4 Å². The molecule has 6 heteroatoms. The number of carbonyl (C=O) groups excluding carboxylic acids is 1. The molecule has 2 aromatic carbocycles. The summed E-state index contributed by atoms with van der Waals surface area (Å²) in [5.41, 5.74) is 3.56. The van der Waals surface area contributed by atoms with Crippen molar-refractivity contribution >= 4 is 5.97 Å². The Morgan fingerprint density at radius 2 is 1.82 bits per heavy atom. The van der Waals surface area contributed by atoms with Gasteiger partial charge in [-0.1, -0.05) is 42.2 Å². The lowest BCUT2D eigenvalue weighted by Crippen LogP contribution is -2.28. The van der Waals surface area contributed by atoms with Gasteiger partial charge in [0.15, 0.2) is 6.10 Å². The Hall–Kier alpha value is -3.40. The molecule has 0 saturated heterocycles. The maximum absolute atomic E-state index is 12.0. The minimum Gasteiger partial charge on any atom is -0.464 e. The number of rotatable bonds is 10. The number of benzene rings is 2. The maximum atomic E-state index is 12.0. The van der Waals surface area contributed by atoms with Crippen LogP contribution in [0, 0.1) is 18.8 Å². The Labute approximate surface area is 194 Å². The molecule has 0 aliphatic heterocycles. The highest BCUT2D eigenvalue weighted by Crippen LogP contribution is 2.21.